The van der Waals surface area contributed by atoms with Gasteiger partial charge in [0.25, 0.3) is 0 Å². The van der Waals surface area contributed by atoms with E-state index >= 15 is 0 Å². The first-order valence-corrected chi connectivity index (χ1v) is 6.37. The van der Waals surface area contributed by atoms with E-state index in [0.717, 1.165) is 30.3 Å². The molecule has 0 aliphatic heterocycles. The zero-order valence-corrected chi connectivity index (χ0v) is 10.1. The molecular formula is C9H19N5S. The summed E-state index contributed by atoms with van der Waals surface area (Å²) in [6.45, 7) is 5.06. The Morgan fingerprint density at radius 1 is 1.60 bits per heavy atom. The number of aryl methyl sites for hydroxylation is 1. The molecule has 0 fully saturated rings. The zero-order valence-electron chi connectivity index (χ0n) is 9.31. The average Bonchev–Trinajstić information content (AvgIpc) is 2.71. The maximum atomic E-state index is 5.50. The van der Waals surface area contributed by atoms with Crippen molar-refractivity contribution in [2.24, 2.45) is 5.84 Å². The van der Waals surface area contributed by atoms with E-state index in [1.165, 1.54) is 0 Å². The van der Waals surface area contributed by atoms with Gasteiger partial charge in [-0.15, -0.1) is 0 Å². The lowest BCUT2D eigenvalue weighted by Gasteiger charge is -2.14. The number of hydrogen-bond donors (Lipinski definition) is 2. The summed E-state index contributed by atoms with van der Waals surface area (Å²) in [6, 6.07) is 0.268. The van der Waals surface area contributed by atoms with Gasteiger partial charge < -0.3 is 0 Å². The van der Waals surface area contributed by atoms with E-state index in [-0.39, 0.29) is 6.04 Å². The molecule has 6 heteroatoms. The molecule has 0 aliphatic carbocycles. The number of aromatic nitrogens is 3. The van der Waals surface area contributed by atoms with E-state index in [9.17, 15) is 0 Å². The van der Waals surface area contributed by atoms with Crippen LogP contribution in [0.1, 0.15) is 19.7 Å². The number of rotatable bonds is 7. The van der Waals surface area contributed by atoms with Crippen LogP contribution in [0.5, 0.6) is 0 Å². The highest BCUT2D eigenvalue weighted by molar-refractivity contribution is 7.99. The molecule has 1 aromatic heterocycles. The van der Waals surface area contributed by atoms with Gasteiger partial charge in [0.1, 0.15) is 12.2 Å². The molecule has 0 aromatic carbocycles. The summed E-state index contributed by atoms with van der Waals surface area (Å²) in [5.74, 6) is 8.61. The molecule has 1 rings (SSSR count). The lowest BCUT2D eigenvalue weighted by Crippen LogP contribution is -2.39. The minimum absolute atomic E-state index is 0.268. The largest absolute Gasteiger partial charge is 0.271 e. The van der Waals surface area contributed by atoms with E-state index < -0.39 is 0 Å². The van der Waals surface area contributed by atoms with Crippen molar-refractivity contribution in [3.63, 3.8) is 0 Å². The number of thioether (sulfide) groups is 1. The maximum Gasteiger partial charge on any atom is 0.138 e. The third-order valence-electron chi connectivity index (χ3n) is 2.18. The predicted molar refractivity (Wildman–Crippen MR) is 63.5 cm³/mol. The van der Waals surface area contributed by atoms with Crippen molar-refractivity contribution in [3.05, 3.63) is 12.2 Å². The number of hydrogen-bond acceptors (Lipinski definition) is 5. The molecule has 1 aromatic rings. The SMILES string of the molecule is CCSCC(Cc1ncnn1CC)NN. The van der Waals surface area contributed by atoms with Gasteiger partial charge in [-0.2, -0.15) is 16.9 Å². The molecule has 3 N–H and O–H groups in total. The second-order valence-corrected chi connectivity index (χ2v) is 4.54. The fourth-order valence-corrected chi connectivity index (χ4v) is 2.09. The Hall–Kier alpha value is -0.590. The summed E-state index contributed by atoms with van der Waals surface area (Å²) in [7, 11) is 0. The van der Waals surface area contributed by atoms with Crippen molar-refractivity contribution >= 4 is 11.8 Å². The lowest BCUT2D eigenvalue weighted by atomic mass is 10.2. The molecule has 0 saturated heterocycles. The first-order valence-electron chi connectivity index (χ1n) is 5.22. The van der Waals surface area contributed by atoms with Gasteiger partial charge in [0.05, 0.1) is 0 Å². The Morgan fingerprint density at radius 2 is 2.40 bits per heavy atom. The van der Waals surface area contributed by atoms with E-state index in [1.807, 2.05) is 16.4 Å². The summed E-state index contributed by atoms with van der Waals surface area (Å²) < 4.78 is 1.90. The third-order valence-corrected chi connectivity index (χ3v) is 3.23. The summed E-state index contributed by atoms with van der Waals surface area (Å²) in [5, 5.41) is 4.13. The topological polar surface area (TPSA) is 68.8 Å². The molecule has 0 aliphatic rings. The highest BCUT2D eigenvalue weighted by atomic mass is 32.2. The Morgan fingerprint density at radius 3 is 3.00 bits per heavy atom. The first-order chi connectivity index (χ1) is 7.31. The Kier molecular flexibility index (Phi) is 5.67. The second-order valence-electron chi connectivity index (χ2n) is 3.22. The molecule has 0 radical (unpaired) electrons. The fourth-order valence-electron chi connectivity index (χ4n) is 1.36. The van der Waals surface area contributed by atoms with Crippen molar-refractivity contribution in [2.45, 2.75) is 32.9 Å². The van der Waals surface area contributed by atoms with Crippen molar-refractivity contribution in [2.75, 3.05) is 11.5 Å². The molecule has 1 unspecified atom stereocenters. The molecule has 15 heavy (non-hydrogen) atoms. The summed E-state index contributed by atoms with van der Waals surface area (Å²) in [4.78, 5) is 4.23. The number of nitrogens with two attached hydrogens (primary N) is 1. The smallest absolute Gasteiger partial charge is 0.138 e. The van der Waals surface area contributed by atoms with Gasteiger partial charge in [-0.3, -0.25) is 16.0 Å². The van der Waals surface area contributed by atoms with Crippen molar-refractivity contribution in [1.29, 1.82) is 0 Å². The average molecular weight is 229 g/mol. The van der Waals surface area contributed by atoms with Crippen LogP contribution < -0.4 is 11.3 Å². The van der Waals surface area contributed by atoms with Crippen LogP contribution in [0.3, 0.4) is 0 Å². The Labute approximate surface area is 94.8 Å². The minimum Gasteiger partial charge on any atom is -0.271 e. The number of nitrogens with one attached hydrogen (secondary N) is 1. The monoisotopic (exact) mass is 229 g/mol. The van der Waals surface area contributed by atoms with Gasteiger partial charge >= 0.3 is 0 Å². The highest BCUT2D eigenvalue weighted by Gasteiger charge is 2.11. The van der Waals surface area contributed by atoms with Gasteiger partial charge in [-0.25, -0.2) is 4.98 Å². The van der Waals surface area contributed by atoms with Crippen LogP contribution in [-0.2, 0) is 13.0 Å². The number of hydrazine groups is 1. The van der Waals surface area contributed by atoms with Crippen LogP contribution in [0.2, 0.25) is 0 Å². The Bertz CT molecular complexity index is 275. The van der Waals surface area contributed by atoms with Gasteiger partial charge in [0.2, 0.25) is 0 Å². The molecule has 86 valence electrons. The summed E-state index contributed by atoms with van der Waals surface area (Å²) >= 11 is 1.88. The molecule has 5 nitrogen and oxygen atoms in total. The van der Waals surface area contributed by atoms with E-state index in [1.54, 1.807) is 6.33 Å². The quantitative estimate of drug-likeness (QED) is 0.524. The predicted octanol–water partition coefficient (Wildman–Crippen LogP) is 0.425. The van der Waals surface area contributed by atoms with E-state index in [2.05, 4.69) is 29.4 Å². The van der Waals surface area contributed by atoms with Crippen LogP contribution in [0, 0.1) is 0 Å². The molecule has 0 saturated carbocycles. The molecule has 0 spiro atoms. The summed E-state index contributed by atoms with van der Waals surface area (Å²) in [5.41, 5.74) is 2.82. The van der Waals surface area contributed by atoms with Crippen LogP contribution in [0.25, 0.3) is 0 Å². The molecule has 0 amide bonds. The van der Waals surface area contributed by atoms with Crippen LogP contribution in [0.4, 0.5) is 0 Å². The van der Waals surface area contributed by atoms with Crippen molar-refractivity contribution < 1.29 is 0 Å². The molecule has 1 heterocycles. The standard InChI is InChI=1S/C9H19N5S/c1-3-14-9(11-7-12-14)5-8(13-10)6-15-4-2/h7-8,13H,3-6,10H2,1-2H3. The lowest BCUT2D eigenvalue weighted by molar-refractivity contribution is 0.527. The zero-order chi connectivity index (χ0) is 11.1. The Balaban J connectivity index is 2.50. The van der Waals surface area contributed by atoms with Crippen LogP contribution in [-0.4, -0.2) is 32.3 Å². The van der Waals surface area contributed by atoms with Crippen LogP contribution in [0.15, 0.2) is 6.33 Å². The second kappa shape index (κ2) is 6.81. The fraction of sp³-hybridized carbons (Fsp3) is 0.778. The van der Waals surface area contributed by atoms with E-state index in [4.69, 9.17) is 5.84 Å². The third kappa shape index (κ3) is 3.81. The molecule has 0 bridgehead atoms. The van der Waals surface area contributed by atoms with Gasteiger partial charge in [0, 0.05) is 24.8 Å². The number of nitrogens with zero attached hydrogens (tertiary/aromatic N) is 3. The van der Waals surface area contributed by atoms with Crippen LogP contribution >= 0.6 is 11.8 Å². The summed E-state index contributed by atoms with van der Waals surface area (Å²) in [6.07, 6.45) is 2.43. The van der Waals surface area contributed by atoms with E-state index in [0.29, 0.717) is 0 Å². The highest BCUT2D eigenvalue weighted by Crippen LogP contribution is 2.06. The van der Waals surface area contributed by atoms with Gasteiger partial charge in [-0.05, 0) is 12.7 Å². The van der Waals surface area contributed by atoms with Gasteiger partial charge in [0.15, 0.2) is 0 Å². The normalized spacial score (nSPS) is 13.0. The van der Waals surface area contributed by atoms with Crippen molar-refractivity contribution in [3.8, 4) is 0 Å². The molecular weight excluding hydrogens is 210 g/mol. The van der Waals surface area contributed by atoms with Gasteiger partial charge in [-0.1, -0.05) is 6.92 Å². The minimum atomic E-state index is 0.268. The maximum absolute atomic E-state index is 5.50. The van der Waals surface area contributed by atoms with Crippen molar-refractivity contribution in [1.82, 2.24) is 20.2 Å². The molecule has 1 atom stereocenters. The first kappa shape index (κ1) is 12.5.